The standard InChI is InChI=1S/C13H23N3O2/c1-12(2)5-7-13(17-3,8-6-12)11-15-10(4-9-14)18-16-11/h4-9,14H2,1-3H3. The van der Waals surface area contributed by atoms with Gasteiger partial charge in [0.25, 0.3) is 0 Å². The molecule has 1 heterocycles. The Kier molecular flexibility index (Phi) is 3.73. The number of ether oxygens (including phenoxy) is 1. The van der Waals surface area contributed by atoms with Crippen LogP contribution in [0.1, 0.15) is 51.2 Å². The number of nitrogens with zero attached hydrogens (tertiary/aromatic N) is 2. The SMILES string of the molecule is COC1(c2noc(CCN)n2)CCC(C)(C)CC1. The van der Waals surface area contributed by atoms with Gasteiger partial charge in [0.15, 0.2) is 0 Å². The molecule has 0 bridgehead atoms. The average Bonchev–Trinajstić information content (AvgIpc) is 2.80. The summed E-state index contributed by atoms with van der Waals surface area (Å²) in [6.45, 7) is 5.11. The van der Waals surface area contributed by atoms with Gasteiger partial charge >= 0.3 is 0 Å². The Balaban J connectivity index is 2.17. The summed E-state index contributed by atoms with van der Waals surface area (Å²) >= 11 is 0. The molecular formula is C13H23N3O2. The van der Waals surface area contributed by atoms with E-state index in [0.717, 1.165) is 25.7 Å². The molecule has 1 aromatic rings. The molecule has 5 heteroatoms. The first-order chi connectivity index (χ1) is 8.51. The lowest BCUT2D eigenvalue weighted by atomic mass is 9.70. The number of methoxy groups -OCH3 is 1. The highest BCUT2D eigenvalue weighted by atomic mass is 16.5. The lowest BCUT2D eigenvalue weighted by Crippen LogP contribution is -2.37. The second-order valence-corrected chi connectivity index (χ2v) is 5.91. The van der Waals surface area contributed by atoms with Gasteiger partial charge in [0.1, 0.15) is 5.60 Å². The van der Waals surface area contributed by atoms with Crippen LogP contribution in [0.5, 0.6) is 0 Å². The molecule has 0 spiro atoms. The van der Waals surface area contributed by atoms with Crippen molar-refractivity contribution in [1.29, 1.82) is 0 Å². The fraction of sp³-hybridized carbons (Fsp3) is 0.846. The first kappa shape index (κ1) is 13.5. The Morgan fingerprint density at radius 2 is 1.94 bits per heavy atom. The summed E-state index contributed by atoms with van der Waals surface area (Å²) in [7, 11) is 1.73. The zero-order chi connectivity index (χ0) is 13.2. The van der Waals surface area contributed by atoms with Crippen molar-refractivity contribution < 1.29 is 9.26 Å². The third-order valence-corrected chi connectivity index (χ3v) is 4.04. The topological polar surface area (TPSA) is 74.2 Å². The van der Waals surface area contributed by atoms with Gasteiger partial charge in [0.2, 0.25) is 11.7 Å². The minimum atomic E-state index is -0.369. The minimum absolute atomic E-state index is 0.369. The lowest BCUT2D eigenvalue weighted by Gasteiger charge is -2.40. The molecule has 1 fully saturated rings. The van der Waals surface area contributed by atoms with Crippen LogP contribution in [-0.4, -0.2) is 23.8 Å². The number of rotatable bonds is 4. The largest absolute Gasteiger partial charge is 0.370 e. The van der Waals surface area contributed by atoms with E-state index in [1.54, 1.807) is 7.11 Å². The Bertz CT molecular complexity index is 391. The zero-order valence-corrected chi connectivity index (χ0v) is 11.5. The molecule has 2 rings (SSSR count). The van der Waals surface area contributed by atoms with Crippen LogP contribution in [0, 0.1) is 5.41 Å². The van der Waals surface area contributed by atoms with Crippen LogP contribution < -0.4 is 5.73 Å². The smallest absolute Gasteiger partial charge is 0.228 e. The fourth-order valence-corrected chi connectivity index (χ4v) is 2.51. The number of aromatic nitrogens is 2. The van der Waals surface area contributed by atoms with E-state index in [4.69, 9.17) is 15.0 Å². The van der Waals surface area contributed by atoms with E-state index in [2.05, 4.69) is 24.0 Å². The summed E-state index contributed by atoms with van der Waals surface area (Å²) in [6, 6.07) is 0. The Morgan fingerprint density at radius 1 is 1.28 bits per heavy atom. The third kappa shape index (κ3) is 2.57. The molecule has 0 unspecified atom stereocenters. The Labute approximate surface area is 108 Å². The van der Waals surface area contributed by atoms with Gasteiger partial charge in [0.05, 0.1) is 0 Å². The number of nitrogens with two attached hydrogens (primary N) is 1. The average molecular weight is 253 g/mol. The van der Waals surface area contributed by atoms with Crippen molar-refractivity contribution in [2.45, 2.75) is 51.6 Å². The summed E-state index contributed by atoms with van der Waals surface area (Å²) < 4.78 is 10.9. The molecule has 18 heavy (non-hydrogen) atoms. The summed E-state index contributed by atoms with van der Waals surface area (Å²) in [4.78, 5) is 4.43. The van der Waals surface area contributed by atoms with E-state index >= 15 is 0 Å². The maximum Gasteiger partial charge on any atom is 0.228 e. The molecule has 1 saturated carbocycles. The first-order valence-corrected chi connectivity index (χ1v) is 6.60. The van der Waals surface area contributed by atoms with Gasteiger partial charge in [-0.2, -0.15) is 4.98 Å². The van der Waals surface area contributed by atoms with Crippen molar-refractivity contribution in [2.75, 3.05) is 13.7 Å². The van der Waals surface area contributed by atoms with Crippen molar-refractivity contribution in [1.82, 2.24) is 10.1 Å². The molecule has 0 saturated heterocycles. The van der Waals surface area contributed by atoms with Crippen LogP contribution in [0.4, 0.5) is 0 Å². The maximum atomic E-state index is 5.73. The molecule has 0 atom stereocenters. The maximum absolute atomic E-state index is 5.73. The summed E-state index contributed by atoms with van der Waals surface area (Å²) in [5.74, 6) is 1.29. The molecule has 1 aliphatic rings. The summed E-state index contributed by atoms with van der Waals surface area (Å²) in [5.41, 5.74) is 5.50. The van der Waals surface area contributed by atoms with Gasteiger partial charge in [-0.25, -0.2) is 0 Å². The first-order valence-electron chi connectivity index (χ1n) is 6.60. The monoisotopic (exact) mass is 253 g/mol. The van der Waals surface area contributed by atoms with E-state index in [9.17, 15) is 0 Å². The van der Waals surface area contributed by atoms with Crippen LogP contribution >= 0.6 is 0 Å². The molecule has 1 aromatic heterocycles. The van der Waals surface area contributed by atoms with Crippen LogP contribution in [0.25, 0.3) is 0 Å². The Morgan fingerprint density at radius 3 is 2.50 bits per heavy atom. The van der Waals surface area contributed by atoms with E-state index in [1.165, 1.54) is 0 Å². The van der Waals surface area contributed by atoms with Crippen LogP contribution in [-0.2, 0) is 16.8 Å². The van der Waals surface area contributed by atoms with Crippen molar-refractivity contribution in [2.24, 2.45) is 11.1 Å². The van der Waals surface area contributed by atoms with E-state index in [0.29, 0.717) is 30.1 Å². The van der Waals surface area contributed by atoms with E-state index < -0.39 is 0 Å². The molecule has 1 aliphatic carbocycles. The second kappa shape index (κ2) is 4.97. The van der Waals surface area contributed by atoms with Gasteiger partial charge < -0.3 is 15.0 Å². The second-order valence-electron chi connectivity index (χ2n) is 5.91. The molecule has 102 valence electrons. The molecule has 0 radical (unpaired) electrons. The van der Waals surface area contributed by atoms with Crippen molar-refractivity contribution >= 4 is 0 Å². The van der Waals surface area contributed by atoms with Crippen LogP contribution in [0.3, 0.4) is 0 Å². The summed E-state index contributed by atoms with van der Waals surface area (Å²) in [5, 5.41) is 4.08. The molecule has 2 N–H and O–H groups in total. The van der Waals surface area contributed by atoms with E-state index in [1.807, 2.05) is 0 Å². The molecule has 0 amide bonds. The van der Waals surface area contributed by atoms with Gasteiger partial charge in [-0.1, -0.05) is 19.0 Å². The van der Waals surface area contributed by atoms with Gasteiger partial charge in [0, 0.05) is 20.1 Å². The van der Waals surface area contributed by atoms with Gasteiger partial charge in [-0.3, -0.25) is 0 Å². The highest BCUT2D eigenvalue weighted by molar-refractivity contribution is 5.05. The van der Waals surface area contributed by atoms with E-state index in [-0.39, 0.29) is 5.60 Å². The van der Waals surface area contributed by atoms with Crippen molar-refractivity contribution in [3.05, 3.63) is 11.7 Å². The normalized spacial score (nSPS) is 22.0. The van der Waals surface area contributed by atoms with Crippen molar-refractivity contribution in [3.63, 3.8) is 0 Å². The van der Waals surface area contributed by atoms with Crippen LogP contribution in [0.2, 0.25) is 0 Å². The lowest BCUT2D eigenvalue weighted by molar-refractivity contribution is -0.0740. The van der Waals surface area contributed by atoms with Gasteiger partial charge in [-0.05, 0) is 31.1 Å². The summed E-state index contributed by atoms with van der Waals surface area (Å²) in [6.07, 6.45) is 4.73. The zero-order valence-electron chi connectivity index (χ0n) is 11.5. The molecule has 0 aromatic carbocycles. The third-order valence-electron chi connectivity index (χ3n) is 4.04. The Hall–Kier alpha value is -0.940. The molecular weight excluding hydrogens is 230 g/mol. The highest BCUT2D eigenvalue weighted by Crippen LogP contribution is 2.46. The number of hydrogen-bond acceptors (Lipinski definition) is 5. The predicted molar refractivity (Wildman–Crippen MR) is 68.0 cm³/mol. The van der Waals surface area contributed by atoms with Crippen molar-refractivity contribution in [3.8, 4) is 0 Å². The van der Waals surface area contributed by atoms with Crippen LogP contribution in [0.15, 0.2) is 4.52 Å². The molecule has 0 aliphatic heterocycles. The fourth-order valence-electron chi connectivity index (χ4n) is 2.51. The number of hydrogen-bond donors (Lipinski definition) is 1. The highest BCUT2D eigenvalue weighted by Gasteiger charge is 2.43. The quantitative estimate of drug-likeness (QED) is 0.888. The van der Waals surface area contributed by atoms with Gasteiger partial charge in [-0.15, -0.1) is 0 Å². The molecule has 5 nitrogen and oxygen atoms in total. The minimum Gasteiger partial charge on any atom is -0.370 e. The predicted octanol–water partition coefficient (Wildman–Crippen LogP) is 2.01.